The molecule has 1 heterocycles. The maximum atomic E-state index is 11.4. The molecular weight excluding hydrogens is 194 g/mol. The Morgan fingerprint density at radius 3 is 3.00 bits per heavy atom. The number of H-pyrrole nitrogens is 1. The molecule has 1 aromatic rings. The first-order valence-corrected chi connectivity index (χ1v) is 4.82. The van der Waals surface area contributed by atoms with E-state index in [0.29, 0.717) is 18.9 Å². The van der Waals surface area contributed by atoms with Gasteiger partial charge in [0, 0.05) is 19.5 Å². The van der Waals surface area contributed by atoms with Gasteiger partial charge in [0.2, 0.25) is 5.82 Å². The largest absolute Gasteiger partial charge is 0.346 e. The Morgan fingerprint density at radius 1 is 1.60 bits per heavy atom. The number of rotatable bonds is 5. The number of carbonyl (C=O) groups excluding carboxylic acids is 1. The van der Waals surface area contributed by atoms with Crippen molar-refractivity contribution in [2.24, 2.45) is 5.73 Å². The first kappa shape index (κ1) is 11.4. The Morgan fingerprint density at radius 2 is 2.40 bits per heavy atom. The molecule has 0 aromatic carbocycles. The highest BCUT2D eigenvalue weighted by atomic mass is 16.2. The number of nitrogens with two attached hydrogens (primary N) is 1. The normalized spacial score (nSPS) is 10.8. The van der Waals surface area contributed by atoms with Gasteiger partial charge < -0.3 is 11.1 Å². The minimum atomic E-state index is -0.285. The van der Waals surface area contributed by atoms with Gasteiger partial charge in [-0.3, -0.25) is 9.89 Å². The van der Waals surface area contributed by atoms with Crippen LogP contribution in [0.1, 0.15) is 23.4 Å². The summed E-state index contributed by atoms with van der Waals surface area (Å²) in [7, 11) is 0. The molecule has 0 saturated heterocycles. The molecule has 0 saturated carbocycles. The SMILES string of the molecule is CCc1nc(C(=O)NC/C=C/CN)n[nH]1. The van der Waals surface area contributed by atoms with Gasteiger partial charge in [-0.25, -0.2) is 4.98 Å². The number of aromatic nitrogens is 3. The van der Waals surface area contributed by atoms with Crippen molar-refractivity contribution < 1.29 is 4.79 Å². The Labute approximate surface area is 88.0 Å². The predicted octanol–water partition coefficient (Wildman–Crippen LogP) is -0.388. The molecule has 0 aliphatic heterocycles. The molecule has 4 N–H and O–H groups in total. The standard InChI is InChI=1S/C9H15N5O/c1-2-7-12-8(14-13-7)9(15)11-6-4-3-5-10/h3-4H,2,5-6,10H2,1H3,(H,11,15)(H,12,13,14)/b4-3+. The lowest BCUT2D eigenvalue weighted by Gasteiger charge is -1.96. The van der Waals surface area contributed by atoms with Gasteiger partial charge in [-0.2, -0.15) is 0 Å². The Bertz CT molecular complexity index is 344. The van der Waals surface area contributed by atoms with Gasteiger partial charge >= 0.3 is 0 Å². The molecule has 1 rings (SSSR count). The third kappa shape index (κ3) is 3.51. The number of aromatic amines is 1. The highest BCUT2D eigenvalue weighted by molar-refractivity contribution is 5.90. The average Bonchev–Trinajstić information content (AvgIpc) is 2.72. The molecule has 0 radical (unpaired) electrons. The molecule has 0 aliphatic carbocycles. The van der Waals surface area contributed by atoms with E-state index >= 15 is 0 Å². The molecule has 1 aromatic heterocycles. The van der Waals surface area contributed by atoms with Crippen molar-refractivity contribution >= 4 is 5.91 Å². The number of hydrogen-bond donors (Lipinski definition) is 3. The van der Waals surface area contributed by atoms with Crippen molar-refractivity contribution in [3.05, 3.63) is 23.8 Å². The van der Waals surface area contributed by atoms with E-state index in [0.717, 1.165) is 6.42 Å². The summed E-state index contributed by atoms with van der Waals surface area (Å²) in [5, 5.41) is 9.11. The topological polar surface area (TPSA) is 96.7 Å². The summed E-state index contributed by atoms with van der Waals surface area (Å²) in [4.78, 5) is 15.4. The molecule has 0 unspecified atom stereocenters. The molecule has 0 spiro atoms. The highest BCUT2D eigenvalue weighted by Gasteiger charge is 2.09. The van der Waals surface area contributed by atoms with Crippen LogP contribution in [0.3, 0.4) is 0 Å². The second kappa shape index (κ2) is 5.92. The van der Waals surface area contributed by atoms with Gasteiger partial charge in [0.05, 0.1) is 0 Å². The summed E-state index contributed by atoms with van der Waals surface area (Å²) in [6, 6.07) is 0. The van der Waals surface area contributed by atoms with E-state index in [-0.39, 0.29) is 11.7 Å². The summed E-state index contributed by atoms with van der Waals surface area (Å²) in [6.07, 6.45) is 4.29. The van der Waals surface area contributed by atoms with E-state index in [1.807, 2.05) is 6.92 Å². The zero-order valence-electron chi connectivity index (χ0n) is 8.66. The molecule has 0 fully saturated rings. The van der Waals surface area contributed by atoms with Crippen molar-refractivity contribution in [1.82, 2.24) is 20.5 Å². The van der Waals surface area contributed by atoms with Gasteiger partial charge in [-0.05, 0) is 0 Å². The van der Waals surface area contributed by atoms with Gasteiger partial charge in [-0.1, -0.05) is 19.1 Å². The molecule has 6 nitrogen and oxygen atoms in total. The number of nitrogens with zero attached hydrogens (tertiary/aromatic N) is 2. The summed E-state index contributed by atoms with van der Waals surface area (Å²) >= 11 is 0. The average molecular weight is 209 g/mol. The van der Waals surface area contributed by atoms with Crippen LogP contribution in [0.2, 0.25) is 0 Å². The monoisotopic (exact) mass is 209 g/mol. The lowest BCUT2D eigenvalue weighted by Crippen LogP contribution is -2.24. The van der Waals surface area contributed by atoms with Crippen LogP contribution in [0.5, 0.6) is 0 Å². The number of nitrogens with one attached hydrogen (secondary N) is 2. The van der Waals surface area contributed by atoms with Crippen LogP contribution in [-0.2, 0) is 6.42 Å². The number of aryl methyl sites for hydroxylation is 1. The molecule has 1 amide bonds. The van der Waals surface area contributed by atoms with E-state index < -0.39 is 0 Å². The lowest BCUT2D eigenvalue weighted by molar-refractivity contribution is 0.0948. The summed E-state index contributed by atoms with van der Waals surface area (Å²) in [5.41, 5.74) is 5.25. The van der Waals surface area contributed by atoms with E-state index in [1.54, 1.807) is 12.2 Å². The minimum absolute atomic E-state index is 0.174. The Kier molecular flexibility index (Phi) is 4.49. The maximum Gasteiger partial charge on any atom is 0.291 e. The van der Waals surface area contributed by atoms with Gasteiger partial charge in [0.15, 0.2) is 0 Å². The first-order chi connectivity index (χ1) is 7.27. The molecule has 0 aliphatic rings. The molecule has 0 bridgehead atoms. The summed E-state index contributed by atoms with van der Waals surface area (Å²) in [6.45, 7) is 2.84. The van der Waals surface area contributed by atoms with Crippen LogP contribution in [0, 0.1) is 0 Å². The van der Waals surface area contributed by atoms with E-state index in [1.165, 1.54) is 0 Å². The maximum absolute atomic E-state index is 11.4. The van der Waals surface area contributed by atoms with Crippen LogP contribution in [0.25, 0.3) is 0 Å². The fourth-order valence-electron chi connectivity index (χ4n) is 0.965. The molecule has 82 valence electrons. The summed E-state index contributed by atoms with van der Waals surface area (Å²) < 4.78 is 0. The van der Waals surface area contributed by atoms with E-state index in [9.17, 15) is 4.79 Å². The minimum Gasteiger partial charge on any atom is -0.346 e. The number of carbonyl (C=O) groups is 1. The van der Waals surface area contributed by atoms with Crippen molar-refractivity contribution in [2.45, 2.75) is 13.3 Å². The second-order valence-corrected chi connectivity index (χ2v) is 2.88. The molecule has 15 heavy (non-hydrogen) atoms. The third-order valence-electron chi connectivity index (χ3n) is 1.75. The number of amides is 1. The van der Waals surface area contributed by atoms with E-state index in [2.05, 4.69) is 20.5 Å². The van der Waals surface area contributed by atoms with Crippen LogP contribution >= 0.6 is 0 Å². The zero-order valence-corrected chi connectivity index (χ0v) is 8.66. The van der Waals surface area contributed by atoms with Crippen LogP contribution in [0.4, 0.5) is 0 Å². The van der Waals surface area contributed by atoms with Crippen molar-refractivity contribution in [1.29, 1.82) is 0 Å². The Hall–Kier alpha value is -1.69. The first-order valence-electron chi connectivity index (χ1n) is 4.82. The lowest BCUT2D eigenvalue weighted by atomic mass is 10.4. The molecule has 0 atom stereocenters. The fourth-order valence-corrected chi connectivity index (χ4v) is 0.965. The molecular formula is C9H15N5O. The van der Waals surface area contributed by atoms with Crippen LogP contribution in [-0.4, -0.2) is 34.2 Å². The summed E-state index contributed by atoms with van der Waals surface area (Å²) in [5.74, 6) is 0.596. The Balaban J connectivity index is 2.43. The van der Waals surface area contributed by atoms with Gasteiger partial charge in [0.25, 0.3) is 5.91 Å². The van der Waals surface area contributed by atoms with Gasteiger partial charge in [-0.15, -0.1) is 5.10 Å². The van der Waals surface area contributed by atoms with Gasteiger partial charge in [0.1, 0.15) is 5.82 Å². The smallest absolute Gasteiger partial charge is 0.291 e. The quantitative estimate of drug-likeness (QED) is 0.575. The number of hydrogen-bond acceptors (Lipinski definition) is 4. The molecule has 6 heteroatoms. The van der Waals surface area contributed by atoms with Crippen LogP contribution in [0.15, 0.2) is 12.2 Å². The zero-order chi connectivity index (χ0) is 11.1. The highest BCUT2D eigenvalue weighted by Crippen LogP contribution is 1.92. The third-order valence-corrected chi connectivity index (χ3v) is 1.75. The second-order valence-electron chi connectivity index (χ2n) is 2.88. The van der Waals surface area contributed by atoms with Crippen molar-refractivity contribution in [3.8, 4) is 0 Å². The van der Waals surface area contributed by atoms with Crippen LogP contribution < -0.4 is 11.1 Å². The predicted molar refractivity (Wildman–Crippen MR) is 56.3 cm³/mol. The van der Waals surface area contributed by atoms with Crippen molar-refractivity contribution in [2.75, 3.05) is 13.1 Å². The van der Waals surface area contributed by atoms with Crippen molar-refractivity contribution in [3.63, 3.8) is 0 Å². The fraction of sp³-hybridized carbons (Fsp3) is 0.444. The van der Waals surface area contributed by atoms with E-state index in [4.69, 9.17) is 5.73 Å².